The molecule has 0 radical (unpaired) electrons. The molecule has 1 aliphatic rings. The van der Waals surface area contributed by atoms with Crippen molar-refractivity contribution in [2.75, 3.05) is 33.8 Å². The lowest BCUT2D eigenvalue weighted by molar-refractivity contribution is 0.0713. The van der Waals surface area contributed by atoms with Gasteiger partial charge in [-0.15, -0.1) is 0 Å². The average Bonchev–Trinajstić information content (AvgIpc) is 3.03. The van der Waals surface area contributed by atoms with Crippen LogP contribution in [0.2, 0.25) is 0 Å². The second kappa shape index (κ2) is 7.32. The Morgan fingerprint density at radius 3 is 2.79 bits per heavy atom. The summed E-state index contributed by atoms with van der Waals surface area (Å²) in [7, 11) is 3.83. The Labute approximate surface area is 143 Å². The van der Waals surface area contributed by atoms with E-state index < -0.39 is 0 Å². The van der Waals surface area contributed by atoms with E-state index in [1.165, 1.54) is 11.1 Å². The summed E-state index contributed by atoms with van der Waals surface area (Å²) in [6.07, 6.45) is 1.01. The third-order valence-corrected chi connectivity index (χ3v) is 4.75. The van der Waals surface area contributed by atoms with Crippen LogP contribution >= 0.6 is 0 Å². The van der Waals surface area contributed by atoms with E-state index in [0.29, 0.717) is 11.7 Å². The minimum Gasteiger partial charge on any atom is -0.497 e. The zero-order chi connectivity index (χ0) is 17.1. The fraction of sp³-hybridized carbons (Fsp3) is 0.556. The van der Waals surface area contributed by atoms with Gasteiger partial charge in [0, 0.05) is 26.2 Å². The number of piperazine rings is 1. The largest absolute Gasteiger partial charge is 0.497 e. The molecule has 1 unspecified atom stereocenters. The van der Waals surface area contributed by atoms with Gasteiger partial charge in [-0.25, -0.2) is 0 Å². The van der Waals surface area contributed by atoms with Crippen molar-refractivity contribution in [3.05, 3.63) is 41.0 Å². The number of aromatic nitrogens is 2. The van der Waals surface area contributed by atoms with Crippen molar-refractivity contribution in [3.63, 3.8) is 0 Å². The highest BCUT2D eigenvalue weighted by molar-refractivity contribution is 5.35. The molecule has 6 nitrogen and oxygen atoms in total. The number of aryl methyl sites for hydroxylation is 2. The lowest BCUT2D eigenvalue weighted by Gasteiger charge is -2.37. The van der Waals surface area contributed by atoms with E-state index in [4.69, 9.17) is 9.26 Å². The number of hydrogen-bond donors (Lipinski definition) is 0. The fourth-order valence-corrected chi connectivity index (χ4v) is 3.24. The molecular weight excluding hydrogens is 304 g/mol. The minimum absolute atomic E-state index is 0.156. The number of hydrogen-bond acceptors (Lipinski definition) is 6. The van der Waals surface area contributed by atoms with Crippen LogP contribution in [-0.2, 0) is 13.0 Å². The summed E-state index contributed by atoms with van der Waals surface area (Å²) in [5.41, 5.74) is 2.71. The number of nitrogens with zero attached hydrogens (tertiary/aromatic N) is 4. The highest BCUT2D eigenvalue weighted by atomic mass is 16.5. The van der Waals surface area contributed by atoms with E-state index in [1.54, 1.807) is 7.11 Å². The number of likely N-dealkylation sites (N-methyl/N-ethyl adjacent to an activating group) is 1. The molecule has 2 aromatic rings. The van der Waals surface area contributed by atoms with Gasteiger partial charge < -0.3 is 9.26 Å². The molecule has 0 bridgehead atoms. The maximum absolute atomic E-state index is 5.40. The van der Waals surface area contributed by atoms with Gasteiger partial charge in [-0.1, -0.05) is 18.1 Å². The Kier molecular flexibility index (Phi) is 5.16. The quantitative estimate of drug-likeness (QED) is 0.839. The first-order valence-corrected chi connectivity index (χ1v) is 8.49. The molecule has 0 amide bonds. The van der Waals surface area contributed by atoms with Crippen LogP contribution in [0.3, 0.4) is 0 Å². The van der Waals surface area contributed by atoms with Gasteiger partial charge in [-0.05, 0) is 43.7 Å². The summed E-state index contributed by atoms with van der Waals surface area (Å²) >= 11 is 0. The van der Waals surface area contributed by atoms with Gasteiger partial charge in [-0.3, -0.25) is 9.80 Å². The topological polar surface area (TPSA) is 54.6 Å². The minimum atomic E-state index is 0.156. The average molecular weight is 330 g/mol. The lowest BCUT2D eigenvalue weighted by Crippen LogP contribution is -2.46. The SMILES string of the molecule is CCc1cc(OC)ccc1CN1CCN(C)C(c2nc(C)no2)C1. The van der Waals surface area contributed by atoms with Gasteiger partial charge in [0.05, 0.1) is 7.11 Å². The Balaban J connectivity index is 1.74. The van der Waals surface area contributed by atoms with Crippen molar-refractivity contribution in [2.24, 2.45) is 0 Å². The molecular formula is C18H26N4O2. The molecule has 1 atom stereocenters. The molecule has 130 valence electrons. The fourth-order valence-electron chi connectivity index (χ4n) is 3.24. The molecule has 1 aliphatic heterocycles. The maximum atomic E-state index is 5.40. The second-order valence-electron chi connectivity index (χ2n) is 6.40. The Bertz CT molecular complexity index is 685. The highest BCUT2D eigenvalue weighted by Gasteiger charge is 2.30. The van der Waals surface area contributed by atoms with Gasteiger partial charge >= 0.3 is 0 Å². The van der Waals surface area contributed by atoms with Crippen molar-refractivity contribution in [3.8, 4) is 5.75 Å². The third-order valence-electron chi connectivity index (χ3n) is 4.75. The van der Waals surface area contributed by atoms with Crippen LogP contribution in [0, 0.1) is 6.92 Å². The molecule has 24 heavy (non-hydrogen) atoms. The van der Waals surface area contributed by atoms with Crippen LogP contribution in [-0.4, -0.2) is 53.7 Å². The summed E-state index contributed by atoms with van der Waals surface area (Å²) in [5, 5.41) is 3.94. The summed E-state index contributed by atoms with van der Waals surface area (Å²) in [4.78, 5) is 9.17. The number of rotatable bonds is 5. The normalized spacial score (nSPS) is 19.6. The Hall–Kier alpha value is -1.92. The van der Waals surface area contributed by atoms with E-state index in [0.717, 1.165) is 38.3 Å². The highest BCUT2D eigenvalue weighted by Crippen LogP contribution is 2.25. The van der Waals surface area contributed by atoms with Gasteiger partial charge in [0.25, 0.3) is 0 Å². The molecule has 2 heterocycles. The molecule has 0 N–H and O–H groups in total. The first kappa shape index (κ1) is 16.9. The number of ether oxygens (including phenoxy) is 1. The van der Waals surface area contributed by atoms with Crippen molar-refractivity contribution >= 4 is 0 Å². The predicted octanol–water partition coefficient (Wildman–Crippen LogP) is 2.44. The summed E-state index contributed by atoms with van der Waals surface area (Å²) < 4.78 is 10.7. The number of benzene rings is 1. The molecule has 6 heteroatoms. The van der Waals surface area contributed by atoms with E-state index in [1.807, 2.05) is 13.0 Å². The zero-order valence-electron chi connectivity index (χ0n) is 15.0. The third kappa shape index (κ3) is 3.60. The number of methoxy groups -OCH3 is 1. The van der Waals surface area contributed by atoms with Crippen LogP contribution in [0.1, 0.15) is 35.8 Å². The van der Waals surface area contributed by atoms with Crippen LogP contribution < -0.4 is 4.74 Å². The molecule has 0 aliphatic carbocycles. The summed E-state index contributed by atoms with van der Waals surface area (Å²) in [5.74, 6) is 2.33. The first-order chi connectivity index (χ1) is 11.6. The van der Waals surface area contributed by atoms with Gasteiger partial charge in [0.1, 0.15) is 11.8 Å². The molecule has 1 aromatic carbocycles. The molecule has 0 saturated carbocycles. The Morgan fingerprint density at radius 1 is 1.29 bits per heavy atom. The summed E-state index contributed by atoms with van der Waals surface area (Å²) in [6, 6.07) is 6.53. The maximum Gasteiger partial charge on any atom is 0.245 e. The molecule has 1 fully saturated rings. The standard InChI is InChI=1S/C18H26N4O2/c1-5-14-10-16(23-4)7-6-15(14)11-22-9-8-21(3)17(12-22)18-19-13(2)20-24-18/h6-7,10,17H,5,8-9,11-12H2,1-4H3. The second-order valence-corrected chi connectivity index (χ2v) is 6.40. The first-order valence-electron chi connectivity index (χ1n) is 8.49. The molecule has 0 spiro atoms. The molecule has 1 aromatic heterocycles. The lowest BCUT2D eigenvalue weighted by atomic mass is 10.0. The molecule has 3 rings (SSSR count). The predicted molar refractivity (Wildman–Crippen MR) is 92.1 cm³/mol. The van der Waals surface area contributed by atoms with Gasteiger partial charge in [0.15, 0.2) is 5.82 Å². The van der Waals surface area contributed by atoms with Crippen LogP contribution in [0.15, 0.2) is 22.7 Å². The van der Waals surface area contributed by atoms with Crippen molar-refractivity contribution in [1.82, 2.24) is 19.9 Å². The zero-order valence-corrected chi connectivity index (χ0v) is 15.0. The van der Waals surface area contributed by atoms with Gasteiger partial charge in [-0.2, -0.15) is 4.98 Å². The van der Waals surface area contributed by atoms with E-state index in [-0.39, 0.29) is 6.04 Å². The van der Waals surface area contributed by atoms with Crippen LogP contribution in [0.5, 0.6) is 5.75 Å². The monoisotopic (exact) mass is 330 g/mol. The van der Waals surface area contributed by atoms with Crippen LogP contribution in [0.4, 0.5) is 0 Å². The van der Waals surface area contributed by atoms with Crippen molar-refractivity contribution in [1.29, 1.82) is 0 Å². The summed E-state index contributed by atoms with van der Waals surface area (Å²) in [6.45, 7) is 7.90. The molecule has 1 saturated heterocycles. The van der Waals surface area contributed by atoms with Crippen molar-refractivity contribution < 1.29 is 9.26 Å². The van der Waals surface area contributed by atoms with Crippen LogP contribution in [0.25, 0.3) is 0 Å². The smallest absolute Gasteiger partial charge is 0.245 e. The van der Waals surface area contributed by atoms with Gasteiger partial charge in [0.2, 0.25) is 5.89 Å². The van der Waals surface area contributed by atoms with E-state index in [9.17, 15) is 0 Å². The van der Waals surface area contributed by atoms with E-state index in [2.05, 4.69) is 46.0 Å². The van der Waals surface area contributed by atoms with E-state index >= 15 is 0 Å². The van der Waals surface area contributed by atoms with Crippen molar-refractivity contribution in [2.45, 2.75) is 32.9 Å². The Morgan fingerprint density at radius 2 is 2.12 bits per heavy atom.